The molecule has 5 rings (SSSR count). The number of carbonyl (C=O) groups excluding carboxylic acids is 4. The van der Waals surface area contributed by atoms with Crippen LogP contribution in [0.15, 0.2) is 48.7 Å². The first kappa shape index (κ1) is 31.6. The fourth-order valence-corrected chi connectivity index (χ4v) is 5.18. The summed E-state index contributed by atoms with van der Waals surface area (Å²) in [5.74, 6) is -1.75. The first-order chi connectivity index (χ1) is 22.2. The maximum atomic E-state index is 13.2. The Labute approximate surface area is 263 Å². The molecule has 2 aromatic carbocycles. The van der Waals surface area contributed by atoms with Crippen molar-refractivity contribution in [3.05, 3.63) is 76.6 Å². The van der Waals surface area contributed by atoms with Gasteiger partial charge in [0, 0.05) is 29.9 Å². The second-order valence-corrected chi connectivity index (χ2v) is 10.5. The van der Waals surface area contributed by atoms with Gasteiger partial charge in [-0.2, -0.15) is 9.97 Å². The third kappa shape index (κ3) is 7.09. The van der Waals surface area contributed by atoms with E-state index in [-0.39, 0.29) is 36.2 Å². The van der Waals surface area contributed by atoms with E-state index < -0.39 is 23.9 Å². The van der Waals surface area contributed by atoms with Crippen LogP contribution < -0.4 is 27.0 Å². The number of nitrogen functional groups attached to an aromatic ring is 2. The Kier molecular flexibility index (Phi) is 9.50. The third-order valence-corrected chi connectivity index (χ3v) is 7.48. The quantitative estimate of drug-likeness (QED) is 0.137. The molecule has 2 aromatic heterocycles. The van der Waals surface area contributed by atoms with Crippen LogP contribution in [0, 0.1) is 0 Å². The predicted octanol–water partition coefficient (Wildman–Crippen LogP) is 1.42. The number of hydrogen-bond donors (Lipinski definition) is 4. The van der Waals surface area contributed by atoms with Gasteiger partial charge in [-0.15, -0.1) is 0 Å². The molecule has 0 spiro atoms. The summed E-state index contributed by atoms with van der Waals surface area (Å²) in [6, 6.07) is 10.6. The SMILES string of the molecule is COC(=O)c1cccc(C(=O)NCCC[C@H](NC(=O)c2ccc3c(c2)CCN3Cc2cnc3nc(N)nc(N)c3n2)C(=O)OC)c1. The van der Waals surface area contributed by atoms with Gasteiger partial charge in [0.2, 0.25) is 5.95 Å². The number of nitrogens with one attached hydrogen (secondary N) is 2. The molecule has 0 saturated carbocycles. The van der Waals surface area contributed by atoms with E-state index in [2.05, 4.69) is 35.5 Å². The standard InChI is InChI=1S/C31H33N9O6/c1-45-29(43)20-6-3-5-18(14-20)27(41)34-11-4-7-22(30(44)46-2)37-28(42)19-8-9-23-17(13-19)10-12-40(23)16-21-15-35-26-24(36-21)25(32)38-31(33)39-26/h3,5-6,8-9,13-15,22H,4,7,10-12,16H2,1-2H3,(H,34,41)(H,37,42)(H4,32,33,35,38,39)/t22-/m0/s1. The number of fused-ring (bicyclic) bond motifs is 2. The summed E-state index contributed by atoms with van der Waals surface area (Å²) in [5, 5.41) is 5.51. The molecule has 0 saturated heterocycles. The Morgan fingerprint density at radius 3 is 2.52 bits per heavy atom. The number of anilines is 3. The van der Waals surface area contributed by atoms with Gasteiger partial charge >= 0.3 is 11.9 Å². The number of hydrogen-bond acceptors (Lipinski definition) is 13. The number of esters is 2. The molecule has 15 nitrogen and oxygen atoms in total. The van der Waals surface area contributed by atoms with E-state index in [1.807, 2.05) is 12.1 Å². The lowest BCUT2D eigenvalue weighted by molar-refractivity contribution is -0.143. The van der Waals surface area contributed by atoms with Crippen LogP contribution in [0.5, 0.6) is 0 Å². The molecule has 1 aliphatic heterocycles. The Bertz CT molecular complexity index is 1820. The molecule has 0 unspecified atom stereocenters. The fourth-order valence-electron chi connectivity index (χ4n) is 5.18. The lowest BCUT2D eigenvalue weighted by Gasteiger charge is -2.20. The lowest BCUT2D eigenvalue weighted by atomic mass is 10.1. The van der Waals surface area contributed by atoms with Crippen molar-refractivity contribution in [1.29, 1.82) is 0 Å². The number of benzene rings is 2. The topological polar surface area (TPSA) is 218 Å². The Hall–Kier alpha value is -5.86. The highest BCUT2D eigenvalue weighted by molar-refractivity contribution is 5.98. The maximum Gasteiger partial charge on any atom is 0.337 e. The molecular formula is C31H33N9O6. The first-order valence-electron chi connectivity index (χ1n) is 14.4. The van der Waals surface area contributed by atoms with E-state index in [9.17, 15) is 19.2 Å². The lowest BCUT2D eigenvalue weighted by Crippen LogP contribution is -2.42. The number of methoxy groups -OCH3 is 2. The highest BCUT2D eigenvalue weighted by Gasteiger charge is 2.25. The summed E-state index contributed by atoms with van der Waals surface area (Å²) in [6.45, 7) is 1.40. The number of ether oxygens (including phenoxy) is 2. The van der Waals surface area contributed by atoms with Crippen LogP contribution in [0.2, 0.25) is 0 Å². The maximum absolute atomic E-state index is 13.2. The van der Waals surface area contributed by atoms with Crippen molar-refractivity contribution in [2.45, 2.75) is 31.8 Å². The van der Waals surface area contributed by atoms with E-state index in [4.69, 9.17) is 20.9 Å². The zero-order valence-electron chi connectivity index (χ0n) is 25.3. The monoisotopic (exact) mass is 627 g/mol. The van der Waals surface area contributed by atoms with Crippen LogP contribution >= 0.6 is 0 Å². The van der Waals surface area contributed by atoms with Crippen LogP contribution in [0.3, 0.4) is 0 Å². The Morgan fingerprint density at radius 2 is 1.74 bits per heavy atom. The molecule has 238 valence electrons. The molecule has 1 atom stereocenters. The Balaban J connectivity index is 1.17. The molecule has 15 heteroatoms. The summed E-state index contributed by atoms with van der Waals surface area (Å²) in [6.07, 6.45) is 2.94. The molecular weight excluding hydrogens is 594 g/mol. The highest BCUT2D eigenvalue weighted by atomic mass is 16.5. The van der Waals surface area contributed by atoms with Crippen molar-refractivity contribution in [3.8, 4) is 0 Å². The molecule has 0 radical (unpaired) electrons. The molecule has 1 aliphatic rings. The minimum Gasteiger partial charge on any atom is -0.467 e. The van der Waals surface area contributed by atoms with Crippen LogP contribution in [0.25, 0.3) is 11.2 Å². The number of amides is 2. The van der Waals surface area contributed by atoms with Gasteiger partial charge in [-0.1, -0.05) is 6.07 Å². The normalized spacial score (nSPS) is 12.7. The van der Waals surface area contributed by atoms with Gasteiger partial charge in [0.25, 0.3) is 11.8 Å². The average molecular weight is 628 g/mol. The number of carbonyl (C=O) groups is 4. The molecule has 0 aliphatic carbocycles. The third-order valence-electron chi connectivity index (χ3n) is 7.48. The second kappa shape index (κ2) is 13.8. The predicted molar refractivity (Wildman–Crippen MR) is 168 cm³/mol. The first-order valence-corrected chi connectivity index (χ1v) is 14.4. The van der Waals surface area contributed by atoms with Crippen molar-refractivity contribution in [1.82, 2.24) is 30.6 Å². The summed E-state index contributed by atoms with van der Waals surface area (Å²) in [5.41, 5.74) is 15.9. The van der Waals surface area contributed by atoms with Crippen molar-refractivity contribution in [2.75, 3.05) is 43.7 Å². The van der Waals surface area contributed by atoms with E-state index in [1.54, 1.807) is 30.5 Å². The van der Waals surface area contributed by atoms with Crippen molar-refractivity contribution >= 4 is 52.4 Å². The average Bonchev–Trinajstić information content (AvgIpc) is 3.47. The van der Waals surface area contributed by atoms with Crippen molar-refractivity contribution in [2.24, 2.45) is 0 Å². The number of nitrogens with zero attached hydrogens (tertiary/aromatic N) is 5. The minimum atomic E-state index is -0.917. The van der Waals surface area contributed by atoms with Crippen LogP contribution in [0.4, 0.5) is 17.5 Å². The molecule has 0 bridgehead atoms. The second-order valence-electron chi connectivity index (χ2n) is 10.5. The summed E-state index contributed by atoms with van der Waals surface area (Å²) >= 11 is 0. The van der Waals surface area contributed by atoms with Gasteiger partial charge in [-0.05, 0) is 61.2 Å². The van der Waals surface area contributed by atoms with Gasteiger partial charge in [0.15, 0.2) is 17.0 Å². The van der Waals surface area contributed by atoms with Crippen molar-refractivity contribution < 1.29 is 28.7 Å². The van der Waals surface area contributed by atoms with Crippen LogP contribution in [-0.4, -0.2) is 77.0 Å². The number of rotatable bonds is 11. The van der Waals surface area contributed by atoms with Gasteiger partial charge in [0.05, 0.1) is 38.2 Å². The zero-order valence-corrected chi connectivity index (χ0v) is 25.3. The van der Waals surface area contributed by atoms with Gasteiger partial charge in [0.1, 0.15) is 6.04 Å². The largest absolute Gasteiger partial charge is 0.467 e. The molecule has 6 N–H and O–H groups in total. The van der Waals surface area contributed by atoms with Crippen LogP contribution in [-0.2, 0) is 27.2 Å². The molecule has 46 heavy (non-hydrogen) atoms. The van der Waals surface area contributed by atoms with E-state index >= 15 is 0 Å². The van der Waals surface area contributed by atoms with E-state index in [0.717, 1.165) is 11.3 Å². The van der Waals surface area contributed by atoms with E-state index in [1.165, 1.54) is 20.3 Å². The summed E-state index contributed by atoms with van der Waals surface area (Å²) in [7, 11) is 2.51. The van der Waals surface area contributed by atoms with Gasteiger partial charge < -0.3 is 36.5 Å². The molecule has 2 amide bonds. The smallest absolute Gasteiger partial charge is 0.337 e. The number of aromatic nitrogens is 4. The van der Waals surface area contributed by atoms with Gasteiger partial charge in [-0.3, -0.25) is 9.59 Å². The van der Waals surface area contributed by atoms with E-state index in [0.29, 0.717) is 53.9 Å². The fraction of sp³-hybridized carbons (Fsp3) is 0.290. The summed E-state index contributed by atoms with van der Waals surface area (Å²) in [4.78, 5) is 69.0. The minimum absolute atomic E-state index is 0.0309. The molecule has 0 fully saturated rings. The molecule has 4 aromatic rings. The number of nitrogens with two attached hydrogens (primary N) is 2. The van der Waals surface area contributed by atoms with Gasteiger partial charge in [-0.25, -0.2) is 19.6 Å². The summed E-state index contributed by atoms with van der Waals surface area (Å²) < 4.78 is 9.60. The Morgan fingerprint density at radius 1 is 0.957 bits per heavy atom. The zero-order chi connectivity index (χ0) is 32.8. The van der Waals surface area contributed by atoms with Crippen LogP contribution in [0.1, 0.15) is 55.2 Å². The molecule has 3 heterocycles. The highest BCUT2D eigenvalue weighted by Crippen LogP contribution is 2.30. The van der Waals surface area contributed by atoms with Crippen molar-refractivity contribution in [3.63, 3.8) is 0 Å².